The van der Waals surface area contributed by atoms with Crippen LogP contribution >= 0.6 is 0 Å². The number of ether oxygens (including phenoxy) is 1. The fourth-order valence-corrected chi connectivity index (χ4v) is 5.35. The molecule has 1 aromatic carbocycles. The van der Waals surface area contributed by atoms with Crippen molar-refractivity contribution >= 4 is 17.7 Å². The Bertz CT molecular complexity index is 945. The number of alkyl halides is 2. The maximum atomic E-state index is 13.1. The van der Waals surface area contributed by atoms with Crippen LogP contribution in [-0.4, -0.2) is 53.3 Å². The molecule has 0 spiro atoms. The van der Waals surface area contributed by atoms with Gasteiger partial charge in [-0.1, -0.05) is 0 Å². The zero-order valence-electron chi connectivity index (χ0n) is 17.7. The summed E-state index contributed by atoms with van der Waals surface area (Å²) in [4.78, 5) is 37.9. The summed E-state index contributed by atoms with van der Waals surface area (Å²) in [5.41, 5.74) is 1.35. The minimum Gasteiger partial charge on any atom is -0.489 e. The Morgan fingerprint density at radius 2 is 1.97 bits per heavy atom. The van der Waals surface area contributed by atoms with Crippen molar-refractivity contribution in [2.75, 3.05) is 6.54 Å². The molecule has 0 aromatic heterocycles. The number of imide groups is 1. The molecule has 3 amide bonds. The van der Waals surface area contributed by atoms with Gasteiger partial charge in [0.1, 0.15) is 17.9 Å². The summed E-state index contributed by atoms with van der Waals surface area (Å²) in [6.45, 7) is 0.888. The summed E-state index contributed by atoms with van der Waals surface area (Å²) < 4.78 is 32.3. The number of rotatable bonds is 6. The topological polar surface area (TPSA) is 87.7 Å². The Hall–Kier alpha value is -2.55. The number of carbonyl (C=O) groups excluding carboxylic acids is 3. The number of hydrogen-bond donors (Lipinski definition) is 2. The second kappa shape index (κ2) is 8.10. The molecule has 0 radical (unpaired) electrons. The molecule has 2 aliphatic heterocycles. The van der Waals surface area contributed by atoms with Crippen LogP contribution in [0.4, 0.5) is 8.78 Å². The Balaban J connectivity index is 1.20. The van der Waals surface area contributed by atoms with Gasteiger partial charge in [-0.3, -0.25) is 19.7 Å². The molecule has 9 heteroatoms. The van der Waals surface area contributed by atoms with Crippen molar-refractivity contribution < 1.29 is 27.9 Å². The van der Waals surface area contributed by atoms with Gasteiger partial charge in [-0.2, -0.15) is 0 Å². The number of halogens is 2. The van der Waals surface area contributed by atoms with E-state index in [-0.39, 0.29) is 49.1 Å². The van der Waals surface area contributed by atoms with Gasteiger partial charge < -0.3 is 15.0 Å². The summed E-state index contributed by atoms with van der Waals surface area (Å²) in [7, 11) is 0. The molecule has 7 nitrogen and oxygen atoms in total. The maximum absolute atomic E-state index is 13.1. The first-order valence-corrected chi connectivity index (χ1v) is 11.3. The Labute approximate surface area is 184 Å². The third-order valence-electron chi connectivity index (χ3n) is 7.08. The molecule has 3 fully saturated rings. The molecular formula is C23H27F2N3O4. The van der Waals surface area contributed by atoms with E-state index in [0.717, 1.165) is 24.8 Å². The van der Waals surface area contributed by atoms with E-state index in [0.29, 0.717) is 30.8 Å². The van der Waals surface area contributed by atoms with Crippen LogP contribution in [0.5, 0.6) is 5.75 Å². The van der Waals surface area contributed by atoms with Gasteiger partial charge in [0.05, 0.1) is 0 Å². The molecule has 2 aliphatic carbocycles. The van der Waals surface area contributed by atoms with Crippen molar-refractivity contribution in [2.45, 2.75) is 75.6 Å². The van der Waals surface area contributed by atoms with Gasteiger partial charge in [-0.15, -0.1) is 0 Å². The highest BCUT2D eigenvalue weighted by Crippen LogP contribution is 2.42. The lowest BCUT2D eigenvalue weighted by Crippen LogP contribution is -2.52. The highest BCUT2D eigenvalue weighted by atomic mass is 19.3. The van der Waals surface area contributed by atoms with E-state index in [1.54, 1.807) is 12.1 Å². The van der Waals surface area contributed by atoms with E-state index in [4.69, 9.17) is 4.74 Å². The van der Waals surface area contributed by atoms with Gasteiger partial charge >= 0.3 is 0 Å². The number of hydrogen-bond acceptors (Lipinski definition) is 5. The van der Waals surface area contributed by atoms with E-state index >= 15 is 0 Å². The van der Waals surface area contributed by atoms with E-state index < -0.39 is 17.9 Å². The van der Waals surface area contributed by atoms with Crippen LogP contribution in [-0.2, 0) is 16.1 Å². The average molecular weight is 447 g/mol. The quantitative estimate of drug-likeness (QED) is 0.654. The molecule has 2 saturated carbocycles. The normalized spacial score (nSPS) is 29.6. The fourth-order valence-electron chi connectivity index (χ4n) is 5.35. The molecule has 0 bridgehead atoms. The number of benzene rings is 1. The van der Waals surface area contributed by atoms with Crippen LogP contribution in [0.1, 0.15) is 60.9 Å². The summed E-state index contributed by atoms with van der Waals surface area (Å²) in [5.74, 6) is -2.76. The molecule has 172 valence electrons. The molecule has 32 heavy (non-hydrogen) atoms. The first-order chi connectivity index (χ1) is 15.3. The third-order valence-corrected chi connectivity index (χ3v) is 7.08. The number of fused-ring (bicyclic) bond motifs is 1. The van der Waals surface area contributed by atoms with Crippen molar-refractivity contribution in [1.29, 1.82) is 0 Å². The van der Waals surface area contributed by atoms with E-state index in [1.165, 1.54) is 4.90 Å². The number of piperidine rings is 1. The third kappa shape index (κ3) is 4.10. The van der Waals surface area contributed by atoms with Gasteiger partial charge in [0, 0.05) is 37.4 Å². The molecule has 4 aliphatic rings. The summed E-state index contributed by atoms with van der Waals surface area (Å²) in [6.07, 6.45) is 3.27. The van der Waals surface area contributed by atoms with Crippen LogP contribution in [0.25, 0.3) is 0 Å². The van der Waals surface area contributed by atoms with Crippen molar-refractivity contribution in [3.63, 3.8) is 0 Å². The molecule has 3 atom stereocenters. The zero-order chi connectivity index (χ0) is 22.5. The lowest BCUT2D eigenvalue weighted by molar-refractivity contribution is -0.136. The van der Waals surface area contributed by atoms with E-state index in [2.05, 4.69) is 10.6 Å². The van der Waals surface area contributed by atoms with Gasteiger partial charge in [-0.25, -0.2) is 8.78 Å². The van der Waals surface area contributed by atoms with Crippen molar-refractivity contribution in [2.24, 2.45) is 5.92 Å². The van der Waals surface area contributed by atoms with Crippen LogP contribution in [0.15, 0.2) is 18.2 Å². The highest BCUT2D eigenvalue weighted by Gasteiger charge is 2.45. The number of carbonyl (C=O) groups is 3. The minimum absolute atomic E-state index is 0.0236. The second-order valence-electron chi connectivity index (χ2n) is 9.45. The van der Waals surface area contributed by atoms with Gasteiger partial charge in [-0.05, 0) is 61.9 Å². The van der Waals surface area contributed by atoms with E-state index in [1.807, 2.05) is 6.07 Å². The Kier molecular flexibility index (Phi) is 5.39. The van der Waals surface area contributed by atoms with Gasteiger partial charge in [0.25, 0.3) is 5.91 Å². The van der Waals surface area contributed by atoms with Crippen molar-refractivity contribution in [3.05, 3.63) is 29.3 Å². The first kappa shape index (κ1) is 21.3. The standard InChI is InChI=1S/C23H27F2N3O4/c24-23(25)9-13(10-23)11-26-17-2-1-3-19(17)32-15-4-5-16-14(8-15)12-28(22(16)31)18-6-7-20(29)27-21(18)30/h4-5,8,13,17-19,26H,1-3,6-7,9-12H2,(H,27,29,30)/t17-,18?,19-/m0/s1. The smallest absolute Gasteiger partial charge is 0.255 e. The number of amides is 3. The number of nitrogens with zero attached hydrogens (tertiary/aromatic N) is 1. The van der Waals surface area contributed by atoms with Crippen molar-refractivity contribution in [1.82, 2.24) is 15.5 Å². The largest absolute Gasteiger partial charge is 0.489 e. The molecule has 1 unspecified atom stereocenters. The maximum Gasteiger partial charge on any atom is 0.255 e. The SMILES string of the molecule is O=C1CCC(N2Cc3cc(O[C@H]4CCC[C@@H]4NCC4CC(F)(F)C4)ccc3C2=O)C(=O)N1. The lowest BCUT2D eigenvalue weighted by Gasteiger charge is -2.36. The molecular weight excluding hydrogens is 420 g/mol. The molecule has 5 rings (SSSR count). The minimum atomic E-state index is -2.50. The van der Waals surface area contributed by atoms with Crippen LogP contribution in [0.3, 0.4) is 0 Å². The predicted octanol–water partition coefficient (Wildman–Crippen LogP) is 2.38. The Morgan fingerprint density at radius 3 is 2.72 bits per heavy atom. The van der Waals surface area contributed by atoms with E-state index in [9.17, 15) is 23.2 Å². The van der Waals surface area contributed by atoms with Crippen LogP contribution in [0, 0.1) is 5.92 Å². The van der Waals surface area contributed by atoms with Crippen LogP contribution < -0.4 is 15.4 Å². The van der Waals surface area contributed by atoms with Gasteiger partial charge in [0.15, 0.2) is 0 Å². The first-order valence-electron chi connectivity index (χ1n) is 11.3. The summed E-state index contributed by atoms with van der Waals surface area (Å²) in [5, 5.41) is 5.72. The second-order valence-corrected chi connectivity index (χ2v) is 9.45. The zero-order valence-corrected chi connectivity index (χ0v) is 17.7. The average Bonchev–Trinajstić information content (AvgIpc) is 3.29. The number of nitrogens with one attached hydrogen (secondary N) is 2. The molecule has 2 N–H and O–H groups in total. The lowest BCUT2D eigenvalue weighted by atomic mass is 9.81. The van der Waals surface area contributed by atoms with Gasteiger partial charge in [0.2, 0.25) is 17.7 Å². The molecule has 1 saturated heterocycles. The highest BCUT2D eigenvalue weighted by molar-refractivity contribution is 6.05. The predicted molar refractivity (Wildman–Crippen MR) is 110 cm³/mol. The summed E-state index contributed by atoms with van der Waals surface area (Å²) in [6, 6.07) is 4.83. The Morgan fingerprint density at radius 1 is 1.16 bits per heavy atom. The fraction of sp³-hybridized carbons (Fsp3) is 0.609. The molecule has 1 aromatic rings. The van der Waals surface area contributed by atoms with Crippen LogP contribution in [0.2, 0.25) is 0 Å². The summed E-state index contributed by atoms with van der Waals surface area (Å²) >= 11 is 0. The molecule has 2 heterocycles. The van der Waals surface area contributed by atoms with Crippen molar-refractivity contribution in [3.8, 4) is 5.75 Å². The monoisotopic (exact) mass is 447 g/mol.